The molecule has 1 fully saturated rings. The number of carbonyl (C=O) groups excluding carboxylic acids is 3. The molecule has 3 aromatic rings. The lowest BCUT2D eigenvalue weighted by Crippen LogP contribution is -2.32. The van der Waals surface area contributed by atoms with Crippen LogP contribution in [0.25, 0.3) is 0 Å². The van der Waals surface area contributed by atoms with Crippen molar-refractivity contribution in [1.29, 1.82) is 0 Å². The van der Waals surface area contributed by atoms with Crippen LogP contribution in [-0.2, 0) is 12.0 Å². The van der Waals surface area contributed by atoms with Crippen molar-refractivity contribution in [1.82, 2.24) is 10.2 Å². The number of nitrogens with zero attached hydrogens (tertiary/aromatic N) is 1. The van der Waals surface area contributed by atoms with Crippen LogP contribution < -0.4 is 5.32 Å². The summed E-state index contributed by atoms with van der Waals surface area (Å²) in [5, 5.41) is 3.07. The molecule has 0 saturated heterocycles. The van der Waals surface area contributed by atoms with Crippen LogP contribution in [0.1, 0.15) is 55.0 Å². The van der Waals surface area contributed by atoms with Crippen molar-refractivity contribution < 1.29 is 14.4 Å². The minimum absolute atomic E-state index is 0.0364. The van der Waals surface area contributed by atoms with Gasteiger partial charge in [-0.2, -0.15) is 0 Å². The Morgan fingerprint density at radius 2 is 1.48 bits per heavy atom. The van der Waals surface area contributed by atoms with Crippen LogP contribution in [0.15, 0.2) is 78.9 Å². The zero-order valence-electron chi connectivity index (χ0n) is 17.0. The van der Waals surface area contributed by atoms with Gasteiger partial charge in [-0.3, -0.25) is 19.3 Å². The monoisotopic (exact) mass is 410 g/mol. The molecule has 2 aliphatic rings. The number of benzene rings is 3. The molecule has 3 aromatic carbocycles. The average molecular weight is 410 g/mol. The van der Waals surface area contributed by atoms with Crippen LogP contribution in [0.4, 0.5) is 0 Å². The number of fused-ring (bicyclic) bond motifs is 1. The summed E-state index contributed by atoms with van der Waals surface area (Å²) in [6.45, 7) is 0.736. The number of nitrogens with one attached hydrogen (secondary N) is 1. The quantitative estimate of drug-likeness (QED) is 0.626. The molecule has 0 radical (unpaired) electrons. The predicted molar refractivity (Wildman–Crippen MR) is 117 cm³/mol. The van der Waals surface area contributed by atoms with E-state index in [2.05, 4.69) is 17.4 Å². The van der Waals surface area contributed by atoms with Gasteiger partial charge in [-0.25, -0.2) is 0 Å². The van der Waals surface area contributed by atoms with Gasteiger partial charge in [0.25, 0.3) is 17.7 Å². The maximum atomic E-state index is 12.8. The molecule has 0 bridgehead atoms. The fourth-order valence-electron chi connectivity index (χ4n) is 4.24. The Hall–Kier alpha value is -3.73. The molecule has 1 aliphatic heterocycles. The van der Waals surface area contributed by atoms with Gasteiger partial charge in [0.2, 0.25) is 0 Å². The second-order valence-electron chi connectivity index (χ2n) is 8.27. The fraction of sp³-hybridized carbons (Fsp3) is 0.192. The second-order valence-corrected chi connectivity index (χ2v) is 8.27. The highest BCUT2D eigenvalue weighted by Gasteiger charge is 2.44. The average Bonchev–Trinajstić information content (AvgIpc) is 3.58. The normalized spacial score (nSPS) is 16.2. The Kier molecular flexibility index (Phi) is 4.66. The van der Waals surface area contributed by atoms with E-state index in [1.54, 1.807) is 42.5 Å². The first kappa shape index (κ1) is 19.2. The van der Waals surface area contributed by atoms with Gasteiger partial charge in [-0.1, -0.05) is 54.6 Å². The SMILES string of the molecule is O=C(NCC1(c2ccccc2)CC1)c1cccc(CN2C(=O)c3ccccc3C2=O)c1. The molecule has 1 aliphatic carbocycles. The molecular formula is C26H22N2O3. The van der Waals surface area contributed by atoms with E-state index >= 15 is 0 Å². The molecular weight excluding hydrogens is 388 g/mol. The third kappa shape index (κ3) is 3.52. The summed E-state index contributed by atoms with van der Waals surface area (Å²) in [5.74, 6) is -0.741. The van der Waals surface area contributed by atoms with Crippen LogP contribution in [0.2, 0.25) is 0 Å². The molecule has 31 heavy (non-hydrogen) atoms. The van der Waals surface area contributed by atoms with Crippen LogP contribution >= 0.6 is 0 Å². The first-order chi connectivity index (χ1) is 15.1. The highest BCUT2D eigenvalue weighted by Crippen LogP contribution is 2.47. The summed E-state index contributed by atoms with van der Waals surface area (Å²) in [6.07, 6.45) is 2.13. The molecule has 0 unspecified atom stereocenters. The number of amides is 3. The molecule has 0 spiro atoms. The van der Waals surface area contributed by atoms with E-state index in [1.807, 2.05) is 24.3 Å². The van der Waals surface area contributed by atoms with Gasteiger partial charge in [0.1, 0.15) is 0 Å². The van der Waals surface area contributed by atoms with E-state index in [1.165, 1.54) is 10.5 Å². The van der Waals surface area contributed by atoms with Gasteiger partial charge < -0.3 is 5.32 Å². The predicted octanol–water partition coefficient (Wildman–Crippen LogP) is 3.94. The van der Waals surface area contributed by atoms with Crippen LogP contribution in [0.5, 0.6) is 0 Å². The highest BCUT2D eigenvalue weighted by atomic mass is 16.2. The van der Waals surface area contributed by atoms with Crippen LogP contribution in [-0.4, -0.2) is 29.2 Å². The van der Waals surface area contributed by atoms with E-state index in [0.717, 1.165) is 18.4 Å². The Morgan fingerprint density at radius 1 is 0.839 bits per heavy atom. The molecule has 1 saturated carbocycles. The molecule has 5 nitrogen and oxygen atoms in total. The fourth-order valence-corrected chi connectivity index (χ4v) is 4.24. The van der Waals surface area contributed by atoms with E-state index < -0.39 is 0 Å². The van der Waals surface area contributed by atoms with Crippen molar-refractivity contribution in [2.24, 2.45) is 0 Å². The first-order valence-corrected chi connectivity index (χ1v) is 10.5. The van der Waals surface area contributed by atoms with E-state index in [0.29, 0.717) is 23.2 Å². The van der Waals surface area contributed by atoms with Crippen molar-refractivity contribution >= 4 is 17.7 Å². The summed E-state index contributed by atoms with van der Waals surface area (Å²) in [6, 6.07) is 24.2. The van der Waals surface area contributed by atoms with Crippen molar-refractivity contribution in [3.8, 4) is 0 Å². The Morgan fingerprint density at radius 3 is 2.13 bits per heavy atom. The third-order valence-electron chi connectivity index (χ3n) is 6.24. The molecule has 1 N–H and O–H groups in total. The number of imide groups is 1. The van der Waals surface area contributed by atoms with Gasteiger partial charge >= 0.3 is 0 Å². The standard InChI is InChI=1S/C26H22N2O3/c29-23(27-17-26(13-14-26)20-9-2-1-3-10-20)19-8-6-7-18(15-19)16-28-24(30)21-11-4-5-12-22(21)25(28)31/h1-12,15H,13-14,16-17H2,(H,27,29). The Labute approximate surface area is 180 Å². The second kappa shape index (κ2) is 7.51. The van der Waals surface area contributed by atoms with Crippen molar-refractivity contribution in [2.45, 2.75) is 24.8 Å². The summed E-state index contributed by atoms with van der Waals surface area (Å²) in [5.41, 5.74) is 3.42. The van der Waals surface area contributed by atoms with Crippen molar-refractivity contribution in [3.63, 3.8) is 0 Å². The zero-order valence-corrected chi connectivity index (χ0v) is 17.0. The van der Waals surface area contributed by atoms with Crippen molar-refractivity contribution in [2.75, 3.05) is 6.54 Å². The number of rotatable bonds is 6. The van der Waals surface area contributed by atoms with Crippen molar-refractivity contribution in [3.05, 3.63) is 107 Å². The molecule has 0 aromatic heterocycles. The summed E-state index contributed by atoms with van der Waals surface area (Å²) in [7, 11) is 0. The molecule has 0 atom stereocenters. The van der Waals surface area contributed by atoms with Crippen LogP contribution in [0, 0.1) is 0 Å². The maximum absolute atomic E-state index is 12.8. The smallest absolute Gasteiger partial charge is 0.261 e. The van der Waals surface area contributed by atoms with E-state index in [9.17, 15) is 14.4 Å². The lowest BCUT2D eigenvalue weighted by Gasteiger charge is -2.17. The van der Waals surface area contributed by atoms with Gasteiger partial charge in [0.05, 0.1) is 17.7 Å². The maximum Gasteiger partial charge on any atom is 0.261 e. The number of carbonyl (C=O) groups is 3. The molecule has 1 heterocycles. The summed E-state index contributed by atoms with van der Waals surface area (Å²) >= 11 is 0. The molecule has 5 rings (SSSR count). The lowest BCUT2D eigenvalue weighted by atomic mass is 9.96. The van der Waals surface area contributed by atoms with Gasteiger partial charge in [-0.05, 0) is 48.2 Å². The highest BCUT2D eigenvalue weighted by molar-refractivity contribution is 6.21. The van der Waals surface area contributed by atoms with Crippen LogP contribution in [0.3, 0.4) is 0 Å². The molecule has 5 heteroatoms. The largest absolute Gasteiger partial charge is 0.351 e. The van der Waals surface area contributed by atoms with E-state index in [4.69, 9.17) is 0 Å². The topological polar surface area (TPSA) is 66.5 Å². The van der Waals surface area contributed by atoms with Gasteiger partial charge in [0.15, 0.2) is 0 Å². The summed E-state index contributed by atoms with van der Waals surface area (Å²) < 4.78 is 0. The Balaban J connectivity index is 1.27. The Bertz CT molecular complexity index is 1150. The third-order valence-corrected chi connectivity index (χ3v) is 6.24. The first-order valence-electron chi connectivity index (χ1n) is 10.5. The molecule has 154 valence electrons. The minimum Gasteiger partial charge on any atom is -0.351 e. The van der Waals surface area contributed by atoms with Gasteiger partial charge in [-0.15, -0.1) is 0 Å². The van der Waals surface area contributed by atoms with Gasteiger partial charge in [0, 0.05) is 17.5 Å². The number of hydrogen-bond donors (Lipinski definition) is 1. The van der Waals surface area contributed by atoms with E-state index in [-0.39, 0.29) is 29.7 Å². The lowest BCUT2D eigenvalue weighted by molar-refractivity contribution is 0.0642. The molecule has 3 amide bonds. The summed E-state index contributed by atoms with van der Waals surface area (Å²) in [4.78, 5) is 39.2. The zero-order chi connectivity index (χ0) is 21.4. The number of hydrogen-bond acceptors (Lipinski definition) is 3. The minimum atomic E-state index is -0.297.